The molecule has 0 fully saturated rings. The standard InChI is InChI=1S/C13H18N4O6/c1-4-23-12(19)7-9(2)14-11(18)5-6-16-8-10(17(20)21)13(15-16)22-3/h7-8H,4-6H2,1-3H3,(H,14,18)/b9-7+. The second-order valence-corrected chi connectivity index (χ2v) is 4.42. The minimum atomic E-state index is -0.616. The van der Waals surface area contributed by atoms with Gasteiger partial charge in [0.05, 0.1) is 25.2 Å². The molecule has 1 rings (SSSR count). The summed E-state index contributed by atoms with van der Waals surface area (Å²) in [6.45, 7) is 3.60. The maximum atomic E-state index is 11.8. The molecule has 1 aromatic rings. The number of hydrogen-bond acceptors (Lipinski definition) is 7. The monoisotopic (exact) mass is 326 g/mol. The van der Waals surface area contributed by atoms with Crippen molar-refractivity contribution in [3.05, 3.63) is 28.1 Å². The number of ether oxygens (including phenoxy) is 2. The van der Waals surface area contributed by atoms with Gasteiger partial charge in [-0.25, -0.2) is 4.79 Å². The van der Waals surface area contributed by atoms with Crippen molar-refractivity contribution in [3.63, 3.8) is 0 Å². The Morgan fingerprint density at radius 2 is 2.22 bits per heavy atom. The van der Waals surface area contributed by atoms with Crippen molar-refractivity contribution in [2.45, 2.75) is 26.8 Å². The molecule has 1 N–H and O–H groups in total. The Hall–Kier alpha value is -2.91. The SMILES string of the molecule is CCOC(=O)/C=C(\C)NC(=O)CCn1cc([N+](=O)[O-])c(OC)n1. The molecular weight excluding hydrogens is 308 g/mol. The molecule has 0 saturated heterocycles. The zero-order chi connectivity index (χ0) is 17.4. The van der Waals surface area contributed by atoms with E-state index in [2.05, 4.69) is 10.4 Å². The highest BCUT2D eigenvalue weighted by atomic mass is 16.6. The molecule has 0 aliphatic rings. The van der Waals surface area contributed by atoms with E-state index in [1.807, 2.05) is 0 Å². The Morgan fingerprint density at radius 3 is 2.74 bits per heavy atom. The second kappa shape index (κ2) is 8.51. The van der Waals surface area contributed by atoms with E-state index in [9.17, 15) is 19.7 Å². The van der Waals surface area contributed by atoms with E-state index in [0.717, 1.165) is 0 Å². The van der Waals surface area contributed by atoms with E-state index in [4.69, 9.17) is 9.47 Å². The number of nitro groups is 1. The summed E-state index contributed by atoms with van der Waals surface area (Å²) in [6, 6.07) is 0. The van der Waals surface area contributed by atoms with Crippen LogP contribution in [0.1, 0.15) is 20.3 Å². The minimum Gasteiger partial charge on any atom is -0.475 e. The molecule has 126 valence electrons. The van der Waals surface area contributed by atoms with Gasteiger partial charge >= 0.3 is 17.5 Å². The number of esters is 1. The highest BCUT2D eigenvalue weighted by Gasteiger charge is 2.20. The molecule has 0 bridgehead atoms. The Kier molecular flexibility index (Phi) is 6.71. The summed E-state index contributed by atoms with van der Waals surface area (Å²) in [7, 11) is 1.27. The normalized spacial score (nSPS) is 11.0. The Labute approximate surface area is 132 Å². The number of allylic oxidation sites excluding steroid dienone is 1. The third-order valence-corrected chi connectivity index (χ3v) is 2.63. The lowest BCUT2D eigenvalue weighted by Gasteiger charge is -2.05. The average molecular weight is 326 g/mol. The lowest BCUT2D eigenvalue weighted by molar-refractivity contribution is -0.385. The van der Waals surface area contributed by atoms with Crippen LogP contribution in [0.5, 0.6) is 5.88 Å². The number of nitrogens with zero attached hydrogens (tertiary/aromatic N) is 3. The summed E-state index contributed by atoms with van der Waals surface area (Å²) in [5, 5.41) is 17.1. The fourth-order valence-electron chi connectivity index (χ4n) is 1.67. The van der Waals surface area contributed by atoms with E-state index in [1.54, 1.807) is 13.8 Å². The van der Waals surface area contributed by atoms with E-state index < -0.39 is 10.9 Å². The van der Waals surface area contributed by atoms with Gasteiger partial charge in [-0.05, 0) is 13.8 Å². The summed E-state index contributed by atoms with van der Waals surface area (Å²) in [6.07, 6.45) is 2.38. The number of hydrogen-bond donors (Lipinski definition) is 1. The molecule has 0 atom stereocenters. The Balaban J connectivity index is 2.56. The van der Waals surface area contributed by atoms with E-state index in [-0.39, 0.29) is 37.0 Å². The highest BCUT2D eigenvalue weighted by molar-refractivity contribution is 5.84. The van der Waals surface area contributed by atoms with Crippen molar-refractivity contribution in [2.24, 2.45) is 0 Å². The first kappa shape index (κ1) is 18.1. The molecule has 0 radical (unpaired) electrons. The number of carbonyl (C=O) groups is 2. The van der Waals surface area contributed by atoms with Crippen molar-refractivity contribution in [1.29, 1.82) is 0 Å². The summed E-state index contributed by atoms with van der Waals surface area (Å²) >= 11 is 0. The lowest BCUT2D eigenvalue weighted by Crippen LogP contribution is -2.23. The van der Waals surface area contributed by atoms with Gasteiger partial charge in [0.15, 0.2) is 0 Å². The first-order valence-electron chi connectivity index (χ1n) is 6.78. The van der Waals surface area contributed by atoms with Crippen LogP contribution in [0, 0.1) is 10.1 Å². The van der Waals surface area contributed by atoms with Gasteiger partial charge in [0, 0.05) is 18.2 Å². The van der Waals surface area contributed by atoms with Crippen LogP contribution in [-0.2, 0) is 20.9 Å². The minimum absolute atomic E-state index is 0.0238. The molecule has 0 saturated carbocycles. The van der Waals surface area contributed by atoms with E-state index in [0.29, 0.717) is 5.70 Å². The molecule has 0 aliphatic carbocycles. The molecule has 10 heteroatoms. The summed E-state index contributed by atoms with van der Waals surface area (Å²) in [5.41, 5.74) is 0.0729. The van der Waals surface area contributed by atoms with Crippen LogP contribution in [0.25, 0.3) is 0 Å². The molecule has 0 aromatic carbocycles. The van der Waals surface area contributed by atoms with Crippen molar-refractivity contribution in [3.8, 4) is 5.88 Å². The average Bonchev–Trinajstić information content (AvgIpc) is 2.88. The van der Waals surface area contributed by atoms with Gasteiger partial charge in [-0.3, -0.25) is 19.6 Å². The zero-order valence-electron chi connectivity index (χ0n) is 13.1. The van der Waals surface area contributed by atoms with Gasteiger partial charge < -0.3 is 14.8 Å². The molecule has 0 unspecified atom stereocenters. The third kappa shape index (κ3) is 5.77. The molecule has 0 aliphatic heterocycles. The van der Waals surface area contributed by atoms with Gasteiger partial charge in [0.2, 0.25) is 5.91 Å². The maximum absolute atomic E-state index is 11.8. The smallest absolute Gasteiger partial charge is 0.350 e. The fourth-order valence-corrected chi connectivity index (χ4v) is 1.67. The highest BCUT2D eigenvalue weighted by Crippen LogP contribution is 2.23. The predicted octanol–water partition coefficient (Wildman–Crippen LogP) is 0.773. The molecule has 0 spiro atoms. The zero-order valence-corrected chi connectivity index (χ0v) is 13.1. The van der Waals surface area contributed by atoms with Crippen molar-refractivity contribution < 1.29 is 24.0 Å². The number of nitrogens with one attached hydrogen (secondary N) is 1. The first-order chi connectivity index (χ1) is 10.9. The van der Waals surface area contributed by atoms with Crippen LogP contribution in [0.2, 0.25) is 0 Å². The quantitative estimate of drug-likeness (QED) is 0.323. The number of carbonyl (C=O) groups excluding carboxylic acids is 2. The number of rotatable bonds is 8. The fraction of sp³-hybridized carbons (Fsp3) is 0.462. The predicted molar refractivity (Wildman–Crippen MR) is 78.6 cm³/mol. The number of methoxy groups -OCH3 is 1. The Bertz CT molecular complexity index is 622. The van der Waals surface area contributed by atoms with Crippen LogP contribution in [-0.4, -0.2) is 40.3 Å². The molecule has 1 amide bonds. The molecule has 23 heavy (non-hydrogen) atoms. The summed E-state index contributed by atoms with van der Waals surface area (Å²) in [4.78, 5) is 33.1. The van der Waals surface area contributed by atoms with Gasteiger partial charge in [-0.2, -0.15) is 0 Å². The number of aromatic nitrogens is 2. The second-order valence-electron chi connectivity index (χ2n) is 4.42. The van der Waals surface area contributed by atoms with Crippen molar-refractivity contribution >= 4 is 17.6 Å². The van der Waals surface area contributed by atoms with Crippen LogP contribution in [0.4, 0.5) is 5.69 Å². The van der Waals surface area contributed by atoms with Crippen LogP contribution in [0.15, 0.2) is 18.0 Å². The van der Waals surface area contributed by atoms with Gasteiger partial charge in [-0.15, -0.1) is 5.10 Å². The van der Waals surface area contributed by atoms with Crippen molar-refractivity contribution in [2.75, 3.05) is 13.7 Å². The Morgan fingerprint density at radius 1 is 1.52 bits per heavy atom. The van der Waals surface area contributed by atoms with Gasteiger partial charge in [0.1, 0.15) is 6.20 Å². The number of amides is 1. The van der Waals surface area contributed by atoms with E-state index >= 15 is 0 Å². The van der Waals surface area contributed by atoms with E-state index in [1.165, 1.54) is 24.1 Å². The third-order valence-electron chi connectivity index (χ3n) is 2.63. The lowest BCUT2D eigenvalue weighted by atomic mass is 10.3. The van der Waals surface area contributed by atoms with Crippen molar-refractivity contribution in [1.82, 2.24) is 15.1 Å². The summed E-state index contributed by atoms with van der Waals surface area (Å²) < 4.78 is 10.8. The first-order valence-corrected chi connectivity index (χ1v) is 6.78. The molecule has 1 aromatic heterocycles. The molecular formula is C13H18N4O6. The molecule has 10 nitrogen and oxygen atoms in total. The van der Waals surface area contributed by atoms with Gasteiger partial charge in [-0.1, -0.05) is 0 Å². The van der Waals surface area contributed by atoms with Gasteiger partial charge in [0.25, 0.3) is 0 Å². The molecule has 1 heterocycles. The van der Waals surface area contributed by atoms with Crippen LogP contribution < -0.4 is 10.1 Å². The maximum Gasteiger partial charge on any atom is 0.350 e. The number of aryl methyl sites for hydroxylation is 1. The topological polar surface area (TPSA) is 126 Å². The summed E-state index contributed by atoms with van der Waals surface area (Å²) in [5.74, 6) is -1.02. The van der Waals surface area contributed by atoms with Crippen LogP contribution >= 0.6 is 0 Å². The van der Waals surface area contributed by atoms with Crippen LogP contribution in [0.3, 0.4) is 0 Å². The largest absolute Gasteiger partial charge is 0.475 e.